The van der Waals surface area contributed by atoms with Crippen LogP contribution in [-0.4, -0.2) is 21.7 Å². The smallest absolute Gasteiger partial charge is 0.216 e. The van der Waals surface area contributed by atoms with E-state index in [-0.39, 0.29) is 11.0 Å². The van der Waals surface area contributed by atoms with E-state index in [2.05, 4.69) is 0 Å². The summed E-state index contributed by atoms with van der Waals surface area (Å²) in [5.74, 6) is 0. The Morgan fingerprint density at radius 2 is 2.08 bits per heavy atom. The lowest BCUT2D eigenvalue weighted by Gasteiger charge is -2.15. The SMILES string of the molecule is CC(O)CCCC(C)(C)[N+](=O)[O-]. The zero-order valence-corrected chi connectivity index (χ0v) is 7.91. The van der Waals surface area contributed by atoms with Crippen LogP contribution in [0.1, 0.15) is 40.0 Å². The number of nitrogens with zero attached hydrogens (tertiary/aromatic N) is 1. The second-order valence-electron chi connectivity index (χ2n) is 3.81. The van der Waals surface area contributed by atoms with Gasteiger partial charge in [-0.05, 0) is 19.8 Å². The maximum absolute atomic E-state index is 10.4. The quantitative estimate of drug-likeness (QED) is 0.509. The molecule has 0 aromatic heterocycles. The Bertz CT molecular complexity index is 154. The molecule has 0 bridgehead atoms. The molecular weight excluding hydrogens is 158 g/mol. The molecule has 0 aromatic rings. The highest BCUT2D eigenvalue weighted by atomic mass is 16.6. The van der Waals surface area contributed by atoms with Crippen molar-refractivity contribution < 1.29 is 10.0 Å². The van der Waals surface area contributed by atoms with Gasteiger partial charge in [-0.2, -0.15) is 0 Å². The fourth-order valence-corrected chi connectivity index (χ4v) is 0.921. The Balaban J connectivity index is 3.69. The maximum Gasteiger partial charge on any atom is 0.216 e. The largest absolute Gasteiger partial charge is 0.393 e. The molecule has 4 nitrogen and oxygen atoms in total. The minimum atomic E-state index is -0.852. The average Bonchev–Trinajstić information content (AvgIpc) is 1.85. The standard InChI is InChI=1S/C8H17NO3/c1-7(10)5-4-6-8(2,3)9(11)12/h7,10H,4-6H2,1-3H3. The van der Waals surface area contributed by atoms with Gasteiger partial charge < -0.3 is 5.11 Å². The van der Waals surface area contributed by atoms with Crippen molar-refractivity contribution in [3.63, 3.8) is 0 Å². The molecule has 0 aliphatic heterocycles. The molecule has 0 saturated heterocycles. The third-order valence-corrected chi connectivity index (χ3v) is 1.90. The van der Waals surface area contributed by atoms with Crippen LogP contribution in [-0.2, 0) is 0 Å². The van der Waals surface area contributed by atoms with Crippen molar-refractivity contribution in [2.45, 2.75) is 51.7 Å². The van der Waals surface area contributed by atoms with Crippen LogP contribution < -0.4 is 0 Å². The van der Waals surface area contributed by atoms with Crippen molar-refractivity contribution in [3.8, 4) is 0 Å². The van der Waals surface area contributed by atoms with Crippen LogP contribution in [0.4, 0.5) is 0 Å². The van der Waals surface area contributed by atoms with E-state index < -0.39 is 5.54 Å². The monoisotopic (exact) mass is 175 g/mol. The van der Waals surface area contributed by atoms with Crippen LogP contribution in [0.25, 0.3) is 0 Å². The predicted octanol–water partition coefficient (Wildman–Crippen LogP) is 1.59. The van der Waals surface area contributed by atoms with Crippen molar-refractivity contribution in [3.05, 3.63) is 10.1 Å². The summed E-state index contributed by atoms with van der Waals surface area (Å²) in [4.78, 5) is 10.2. The fraction of sp³-hybridized carbons (Fsp3) is 1.00. The van der Waals surface area contributed by atoms with Crippen molar-refractivity contribution in [1.29, 1.82) is 0 Å². The Kier molecular flexibility index (Phi) is 4.17. The summed E-state index contributed by atoms with van der Waals surface area (Å²) in [5.41, 5.74) is -0.852. The molecule has 0 rings (SSSR count). The van der Waals surface area contributed by atoms with E-state index in [1.807, 2.05) is 0 Å². The van der Waals surface area contributed by atoms with Gasteiger partial charge in [-0.25, -0.2) is 0 Å². The van der Waals surface area contributed by atoms with Crippen molar-refractivity contribution >= 4 is 0 Å². The molecule has 0 radical (unpaired) electrons. The molecule has 1 unspecified atom stereocenters. The second-order valence-corrected chi connectivity index (χ2v) is 3.81. The van der Waals surface area contributed by atoms with Gasteiger partial charge in [-0.1, -0.05) is 0 Å². The van der Waals surface area contributed by atoms with Gasteiger partial charge in [0.1, 0.15) is 0 Å². The Morgan fingerprint density at radius 1 is 1.58 bits per heavy atom. The predicted molar refractivity (Wildman–Crippen MR) is 46.6 cm³/mol. The van der Waals surface area contributed by atoms with E-state index in [1.54, 1.807) is 20.8 Å². The minimum absolute atomic E-state index is 0.269. The van der Waals surface area contributed by atoms with E-state index in [4.69, 9.17) is 5.11 Å². The van der Waals surface area contributed by atoms with Crippen LogP contribution in [0.5, 0.6) is 0 Å². The molecule has 1 N–H and O–H groups in total. The van der Waals surface area contributed by atoms with Crippen LogP contribution in [0.3, 0.4) is 0 Å². The summed E-state index contributed by atoms with van der Waals surface area (Å²) in [6.45, 7) is 4.91. The number of nitro groups is 1. The Hall–Kier alpha value is -0.640. The Labute approximate surface area is 72.7 Å². The van der Waals surface area contributed by atoms with E-state index in [9.17, 15) is 10.1 Å². The van der Waals surface area contributed by atoms with Gasteiger partial charge in [0.05, 0.1) is 6.10 Å². The van der Waals surface area contributed by atoms with Crippen LogP contribution in [0, 0.1) is 10.1 Å². The number of hydrogen-bond acceptors (Lipinski definition) is 3. The average molecular weight is 175 g/mol. The van der Waals surface area contributed by atoms with Gasteiger partial charge in [0.2, 0.25) is 5.54 Å². The molecular formula is C8H17NO3. The molecule has 0 saturated carbocycles. The van der Waals surface area contributed by atoms with Crippen LogP contribution in [0.15, 0.2) is 0 Å². The molecule has 0 aromatic carbocycles. The third-order valence-electron chi connectivity index (χ3n) is 1.90. The highest BCUT2D eigenvalue weighted by Gasteiger charge is 2.29. The molecule has 0 spiro atoms. The first-order valence-corrected chi connectivity index (χ1v) is 4.19. The van der Waals surface area contributed by atoms with Crippen molar-refractivity contribution in [2.24, 2.45) is 0 Å². The summed E-state index contributed by atoms with van der Waals surface area (Å²) in [5, 5.41) is 19.4. The molecule has 0 fully saturated rings. The molecule has 1 atom stereocenters. The number of hydrogen-bond donors (Lipinski definition) is 1. The van der Waals surface area contributed by atoms with E-state index in [0.717, 1.165) is 0 Å². The molecule has 72 valence electrons. The first-order valence-electron chi connectivity index (χ1n) is 4.19. The lowest BCUT2D eigenvalue weighted by Crippen LogP contribution is -2.30. The van der Waals surface area contributed by atoms with E-state index in [1.165, 1.54) is 0 Å². The topological polar surface area (TPSA) is 63.4 Å². The first-order chi connectivity index (χ1) is 5.36. The van der Waals surface area contributed by atoms with Crippen LogP contribution >= 0.6 is 0 Å². The summed E-state index contributed by atoms with van der Waals surface area (Å²) in [6.07, 6.45) is 1.50. The number of rotatable bonds is 5. The molecule has 12 heavy (non-hydrogen) atoms. The molecule has 0 aliphatic rings. The normalized spacial score (nSPS) is 14.3. The van der Waals surface area contributed by atoms with Gasteiger partial charge in [0, 0.05) is 25.2 Å². The van der Waals surface area contributed by atoms with Gasteiger partial charge in [-0.3, -0.25) is 10.1 Å². The third kappa shape index (κ3) is 4.28. The fourth-order valence-electron chi connectivity index (χ4n) is 0.921. The van der Waals surface area contributed by atoms with Gasteiger partial charge >= 0.3 is 0 Å². The zero-order chi connectivity index (χ0) is 9.78. The minimum Gasteiger partial charge on any atom is -0.393 e. The second kappa shape index (κ2) is 4.40. The van der Waals surface area contributed by atoms with Crippen molar-refractivity contribution in [2.75, 3.05) is 0 Å². The molecule has 4 heteroatoms. The summed E-state index contributed by atoms with van der Waals surface area (Å²) < 4.78 is 0. The Morgan fingerprint density at radius 3 is 2.42 bits per heavy atom. The summed E-state index contributed by atoms with van der Waals surface area (Å²) in [7, 11) is 0. The summed E-state index contributed by atoms with van der Waals surface area (Å²) >= 11 is 0. The molecule has 0 aliphatic carbocycles. The van der Waals surface area contributed by atoms with Gasteiger partial charge in [0.25, 0.3) is 0 Å². The van der Waals surface area contributed by atoms with Gasteiger partial charge in [0.15, 0.2) is 0 Å². The molecule has 0 amide bonds. The maximum atomic E-state index is 10.4. The first kappa shape index (κ1) is 11.4. The highest BCUT2D eigenvalue weighted by Crippen LogP contribution is 2.17. The molecule has 0 heterocycles. The summed E-state index contributed by atoms with van der Waals surface area (Å²) in [6, 6.07) is 0. The highest BCUT2D eigenvalue weighted by molar-refractivity contribution is 4.67. The lowest BCUT2D eigenvalue weighted by molar-refractivity contribution is -0.561. The lowest BCUT2D eigenvalue weighted by atomic mass is 9.97. The van der Waals surface area contributed by atoms with E-state index >= 15 is 0 Å². The van der Waals surface area contributed by atoms with Gasteiger partial charge in [-0.15, -0.1) is 0 Å². The van der Waals surface area contributed by atoms with E-state index in [0.29, 0.717) is 19.3 Å². The van der Waals surface area contributed by atoms with Crippen molar-refractivity contribution in [1.82, 2.24) is 0 Å². The zero-order valence-electron chi connectivity index (χ0n) is 7.91. The van der Waals surface area contributed by atoms with Crippen LogP contribution in [0.2, 0.25) is 0 Å². The number of aliphatic hydroxyl groups is 1. The number of aliphatic hydroxyl groups excluding tert-OH is 1.